The highest BCUT2D eigenvalue weighted by atomic mass is 35.5. The summed E-state index contributed by atoms with van der Waals surface area (Å²) >= 11 is 5.95. The van der Waals surface area contributed by atoms with Crippen LogP contribution >= 0.6 is 11.6 Å². The number of hydrogen-bond acceptors (Lipinski definition) is 2. The molecule has 0 saturated heterocycles. The third-order valence-corrected chi connectivity index (χ3v) is 3.71. The Kier molecular flexibility index (Phi) is 3.98. The molecule has 2 aromatic carbocycles. The molecule has 3 nitrogen and oxygen atoms in total. The molecule has 0 spiro atoms. The van der Waals surface area contributed by atoms with Gasteiger partial charge in [0.15, 0.2) is 0 Å². The zero-order valence-electron chi connectivity index (χ0n) is 11.7. The minimum Gasteiger partial charge on any atom is -0.507 e. The van der Waals surface area contributed by atoms with E-state index in [2.05, 4.69) is 4.98 Å². The summed E-state index contributed by atoms with van der Waals surface area (Å²) < 4.78 is 0. The van der Waals surface area contributed by atoms with Crippen molar-refractivity contribution < 1.29 is 5.11 Å². The van der Waals surface area contributed by atoms with Gasteiger partial charge in [0.2, 0.25) is 0 Å². The van der Waals surface area contributed by atoms with Crippen LogP contribution in [-0.2, 0) is 6.42 Å². The van der Waals surface area contributed by atoms with Crippen LogP contribution < -0.4 is 5.56 Å². The predicted molar refractivity (Wildman–Crippen MR) is 90.4 cm³/mol. The van der Waals surface area contributed by atoms with Gasteiger partial charge in [0.05, 0.1) is 11.1 Å². The number of allylic oxidation sites excluding steroid dienone is 1. The first-order chi connectivity index (χ1) is 10.6. The predicted octanol–water partition coefficient (Wildman–Crippen LogP) is 4.14. The molecule has 0 saturated carbocycles. The summed E-state index contributed by atoms with van der Waals surface area (Å²) in [6.45, 7) is 0. The summed E-state index contributed by atoms with van der Waals surface area (Å²) in [5.74, 6) is -0.0149. The average molecular weight is 312 g/mol. The van der Waals surface area contributed by atoms with Gasteiger partial charge in [-0.2, -0.15) is 0 Å². The van der Waals surface area contributed by atoms with E-state index in [1.807, 2.05) is 42.5 Å². The highest BCUT2D eigenvalue weighted by Crippen LogP contribution is 2.27. The smallest absolute Gasteiger partial charge is 0.255 e. The van der Waals surface area contributed by atoms with Crippen molar-refractivity contribution >= 4 is 28.6 Å². The number of pyridine rings is 1. The minimum absolute atomic E-state index is 0.0149. The molecule has 3 aromatic rings. The van der Waals surface area contributed by atoms with Crippen LogP contribution in [0.3, 0.4) is 0 Å². The number of H-pyrrole nitrogens is 1. The number of aromatic hydroxyl groups is 1. The molecule has 0 aliphatic heterocycles. The van der Waals surface area contributed by atoms with Crippen LogP contribution in [0.15, 0.2) is 59.4 Å². The van der Waals surface area contributed by atoms with Gasteiger partial charge in [0.25, 0.3) is 5.56 Å². The Labute approximate surface area is 132 Å². The third-order valence-electron chi connectivity index (χ3n) is 3.48. The van der Waals surface area contributed by atoms with Crippen LogP contribution in [-0.4, -0.2) is 10.1 Å². The molecule has 0 unspecified atom stereocenters. The van der Waals surface area contributed by atoms with Gasteiger partial charge in [-0.25, -0.2) is 0 Å². The Bertz CT molecular complexity index is 898. The van der Waals surface area contributed by atoms with E-state index in [1.165, 1.54) is 0 Å². The Hall–Kier alpha value is -2.52. The molecule has 0 fully saturated rings. The fourth-order valence-electron chi connectivity index (χ4n) is 2.36. The molecule has 0 amide bonds. The average Bonchev–Trinajstić information content (AvgIpc) is 2.52. The molecule has 2 N–H and O–H groups in total. The molecule has 3 rings (SSSR count). The molecule has 1 heterocycles. The Balaban J connectivity index is 1.97. The lowest BCUT2D eigenvalue weighted by Crippen LogP contribution is -2.12. The molecule has 0 atom stereocenters. The lowest BCUT2D eigenvalue weighted by Gasteiger charge is -2.06. The summed E-state index contributed by atoms with van der Waals surface area (Å²) in [6.07, 6.45) is 4.12. The molecule has 0 bridgehead atoms. The number of nitrogens with one attached hydrogen (secondary N) is 1. The van der Waals surface area contributed by atoms with Gasteiger partial charge in [-0.1, -0.05) is 54.1 Å². The maximum Gasteiger partial charge on any atom is 0.255 e. The largest absolute Gasteiger partial charge is 0.507 e. The molecule has 0 aliphatic carbocycles. The van der Waals surface area contributed by atoms with Gasteiger partial charge >= 0.3 is 0 Å². The first-order valence-corrected chi connectivity index (χ1v) is 7.28. The number of rotatable bonds is 3. The topological polar surface area (TPSA) is 53.1 Å². The summed E-state index contributed by atoms with van der Waals surface area (Å²) in [4.78, 5) is 14.9. The first-order valence-electron chi connectivity index (χ1n) is 6.90. The third kappa shape index (κ3) is 2.90. The van der Waals surface area contributed by atoms with Crippen molar-refractivity contribution in [2.45, 2.75) is 6.42 Å². The van der Waals surface area contributed by atoms with E-state index in [0.29, 0.717) is 27.9 Å². The van der Waals surface area contributed by atoms with E-state index < -0.39 is 0 Å². The first kappa shape index (κ1) is 14.4. The van der Waals surface area contributed by atoms with Gasteiger partial charge < -0.3 is 10.1 Å². The van der Waals surface area contributed by atoms with Gasteiger partial charge in [-0.15, -0.1) is 0 Å². The van der Waals surface area contributed by atoms with Crippen LogP contribution in [0, 0.1) is 0 Å². The zero-order chi connectivity index (χ0) is 15.5. The van der Waals surface area contributed by atoms with E-state index in [1.54, 1.807) is 18.2 Å². The fraction of sp³-hybridized carbons (Fsp3) is 0.0556. The fourth-order valence-corrected chi connectivity index (χ4v) is 2.53. The number of benzene rings is 2. The van der Waals surface area contributed by atoms with Crippen LogP contribution in [0.2, 0.25) is 5.02 Å². The molecule has 4 heteroatoms. The Morgan fingerprint density at radius 1 is 1.14 bits per heavy atom. The number of aromatic amines is 1. The second kappa shape index (κ2) is 6.08. The summed E-state index contributed by atoms with van der Waals surface area (Å²) in [5, 5.41) is 11.4. The lowest BCUT2D eigenvalue weighted by atomic mass is 10.1. The highest BCUT2D eigenvalue weighted by Gasteiger charge is 2.10. The van der Waals surface area contributed by atoms with E-state index >= 15 is 0 Å². The van der Waals surface area contributed by atoms with Crippen molar-refractivity contribution in [1.29, 1.82) is 0 Å². The summed E-state index contributed by atoms with van der Waals surface area (Å²) in [7, 11) is 0. The summed E-state index contributed by atoms with van der Waals surface area (Å²) in [6, 6.07) is 14.8. The highest BCUT2D eigenvalue weighted by molar-refractivity contribution is 6.31. The van der Waals surface area contributed by atoms with E-state index in [4.69, 9.17) is 11.6 Å². The quantitative estimate of drug-likeness (QED) is 0.763. The zero-order valence-corrected chi connectivity index (χ0v) is 12.5. The van der Waals surface area contributed by atoms with Crippen LogP contribution in [0.25, 0.3) is 17.0 Å². The second-order valence-corrected chi connectivity index (χ2v) is 5.42. The molecule has 0 radical (unpaired) electrons. The van der Waals surface area contributed by atoms with Gasteiger partial charge in [0, 0.05) is 10.4 Å². The van der Waals surface area contributed by atoms with Crippen molar-refractivity contribution in [3.8, 4) is 5.75 Å². The maximum atomic E-state index is 12.1. The Morgan fingerprint density at radius 2 is 1.91 bits per heavy atom. The normalized spacial score (nSPS) is 11.3. The number of hydrogen-bond donors (Lipinski definition) is 2. The van der Waals surface area contributed by atoms with Crippen molar-refractivity contribution in [3.63, 3.8) is 0 Å². The summed E-state index contributed by atoms with van der Waals surface area (Å²) in [5.41, 5.74) is 1.66. The lowest BCUT2D eigenvalue weighted by molar-refractivity contribution is 0.474. The monoisotopic (exact) mass is 311 g/mol. The second-order valence-electron chi connectivity index (χ2n) is 4.99. The molecular weight excluding hydrogens is 298 g/mol. The molecule has 0 aliphatic rings. The maximum absolute atomic E-state index is 12.1. The van der Waals surface area contributed by atoms with Gasteiger partial charge in [-0.05, 0) is 30.2 Å². The van der Waals surface area contributed by atoms with Gasteiger partial charge in [0.1, 0.15) is 5.75 Å². The van der Waals surface area contributed by atoms with Crippen LogP contribution in [0.4, 0.5) is 0 Å². The van der Waals surface area contributed by atoms with Crippen molar-refractivity contribution in [2.75, 3.05) is 0 Å². The molecule has 1 aromatic heterocycles. The van der Waals surface area contributed by atoms with E-state index in [-0.39, 0.29) is 11.3 Å². The number of halogens is 1. The molecule has 22 heavy (non-hydrogen) atoms. The van der Waals surface area contributed by atoms with Crippen LogP contribution in [0.1, 0.15) is 11.1 Å². The number of aromatic nitrogens is 1. The van der Waals surface area contributed by atoms with Crippen molar-refractivity contribution in [3.05, 3.63) is 81.1 Å². The molecular formula is C18H14ClNO2. The number of fused-ring (bicyclic) bond motifs is 1. The van der Waals surface area contributed by atoms with Crippen LogP contribution in [0.5, 0.6) is 5.75 Å². The van der Waals surface area contributed by atoms with E-state index in [9.17, 15) is 9.90 Å². The van der Waals surface area contributed by atoms with Crippen molar-refractivity contribution in [1.82, 2.24) is 4.98 Å². The Morgan fingerprint density at radius 3 is 2.68 bits per heavy atom. The SMILES string of the molecule is O=c1[nH]c2ccc(Cl)cc2c(O)c1C/C=C/c1ccccc1. The minimum atomic E-state index is -0.287. The van der Waals surface area contributed by atoms with Gasteiger partial charge in [-0.3, -0.25) is 4.79 Å². The molecule has 110 valence electrons. The standard InChI is InChI=1S/C18H14ClNO2/c19-13-9-10-16-15(11-13)17(21)14(18(22)20-16)8-4-7-12-5-2-1-3-6-12/h1-7,9-11H,8H2,(H2,20,21,22)/b7-4+. The van der Waals surface area contributed by atoms with Crippen molar-refractivity contribution in [2.24, 2.45) is 0 Å². The van der Waals surface area contributed by atoms with E-state index in [0.717, 1.165) is 5.56 Å².